The Morgan fingerprint density at radius 1 is 1.57 bits per heavy atom. The summed E-state index contributed by atoms with van der Waals surface area (Å²) >= 11 is 1.59. The van der Waals surface area contributed by atoms with Gasteiger partial charge in [0.15, 0.2) is 0 Å². The summed E-state index contributed by atoms with van der Waals surface area (Å²) in [4.78, 5) is 14.5. The van der Waals surface area contributed by atoms with Crippen LogP contribution in [0.5, 0.6) is 0 Å². The molecule has 0 saturated heterocycles. The summed E-state index contributed by atoms with van der Waals surface area (Å²) < 4.78 is 1.93. The van der Waals surface area contributed by atoms with Crippen molar-refractivity contribution >= 4 is 17.2 Å². The molecule has 2 aromatic rings. The molecule has 112 valence electrons. The number of carbonyl (C=O) groups is 1. The van der Waals surface area contributed by atoms with Gasteiger partial charge < -0.3 is 5.32 Å². The van der Waals surface area contributed by atoms with Crippen molar-refractivity contribution in [1.82, 2.24) is 15.1 Å². The summed E-state index contributed by atoms with van der Waals surface area (Å²) in [6.07, 6.45) is 6.02. The number of hydrogen-bond acceptors (Lipinski definition) is 3. The van der Waals surface area contributed by atoms with Crippen molar-refractivity contribution in [2.75, 3.05) is 0 Å². The fourth-order valence-corrected chi connectivity index (χ4v) is 4.09. The van der Waals surface area contributed by atoms with Gasteiger partial charge in [-0.25, -0.2) is 0 Å². The number of carbonyl (C=O) groups excluding carboxylic acids is 1. The second-order valence-electron chi connectivity index (χ2n) is 5.63. The van der Waals surface area contributed by atoms with Crippen LogP contribution in [-0.4, -0.2) is 15.7 Å². The van der Waals surface area contributed by atoms with Crippen molar-refractivity contribution in [2.24, 2.45) is 7.05 Å². The summed E-state index contributed by atoms with van der Waals surface area (Å²) in [6, 6.07) is 2.13. The lowest BCUT2D eigenvalue weighted by Crippen LogP contribution is -2.30. The van der Waals surface area contributed by atoms with Gasteiger partial charge in [-0.2, -0.15) is 5.10 Å². The lowest BCUT2D eigenvalue weighted by Gasteiger charge is -2.23. The van der Waals surface area contributed by atoms with Crippen molar-refractivity contribution in [3.63, 3.8) is 0 Å². The first-order chi connectivity index (χ1) is 10.1. The molecule has 0 saturated carbocycles. The van der Waals surface area contributed by atoms with Crippen molar-refractivity contribution in [1.29, 1.82) is 0 Å². The van der Waals surface area contributed by atoms with Gasteiger partial charge in [-0.1, -0.05) is 6.92 Å². The molecule has 0 bridgehead atoms. The Morgan fingerprint density at radius 2 is 2.38 bits per heavy atom. The Kier molecular flexibility index (Phi) is 3.85. The summed E-state index contributed by atoms with van der Waals surface area (Å²) in [5.74, 6) is 0.0458. The van der Waals surface area contributed by atoms with Gasteiger partial charge >= 0.3 is 0 Å². The Balaban J connectivity index is 1.79. The number of nitrogens with zero attached hydrogens (tertiary/aromatic N) is 2. The summed E-state index contributed by atoms with van der Waals surface area (Å²) in [6.45, 7) is 4.21. The van der Waals surface area contributed by atoms with Crippen LogP contribution in [0.1, 0.15) is 57.2 Å². The summed E-state index contributed by atoms with van der Waals surface area (Å²) in [5.41, 5.74) is 3.71. The first-order valence-corrected chi connectivity index (χ1v) is 8.32. The van der Waals surface area contributed by atoms with Gasteiger partial charge in [0.05, 0.1) is 17.1 Å². The number of fused-ring (bicyclic) bond motifs is 1. The molecule has 1 amide bonds. The molecule has 1 N–H and O–H groups in total. The molecule has 1 aliphatic rings. The Bertz CT molecular complexity index is 671. The van der Waals surface area contributed by atoms with E-state index in [0.29, 0.717) is 0 Å². The van der Waals surface area contributed by atoms with Crippen LogP contribution in [0.3, 0.4) is 0 Å². The molecule has 1 aliphatic carbocycles. The van der Waals surface area contributed by atoms with Gasteiger partial charge in [-0.05, 0) is 44.2 Å². The quantitative estimate of drug-likeness (QED) is 0.947. The van der Waals surface area contributed by atoms with E-state index in [1.165, 1.54) is 21.7 Å². The predicted molar refractivity (Wildman–Crippen MR) is 84.8 cm³/mol. The van der Waals surface area contributed by atoms with E-state index in [2.05, 4.69) is 24.3 Å². The zero-order valence-corrected chi connectivity index (χ0v) is 13.6. The van der Waals surface area contributed by atoms with E-state index in [0.717, 1.165) is 30.6 Å². The molecule has 21 heavy (non-hydrogen) atoms. The smallest absolute Gasteiger partial charge is 0.261 e. The van der Waals surface area contributed by atoms with Crippen molar-refractivity contribution in [3.8, 4) is 0 Å². The molecule has 0 fully saturated rings. The first-order valence-electron chi connectivity index (χ1n) is 7.51. The molecule has 0 spiro atoms. The van der Waals surface area contributed by atoms with Crippen LogP contribution in [0, 0.1) is 6.92 Å². The van der Waals surface area contributed by atoms with Gasteiger partial charge in [-0.3, -0.25) is 9.48 Å². The van der Waals surface area contributed by atoms with Gasteiger partial charge in [0, 0.05) is 23.2 Å². The van der Waals surface area contributed by atoms with Crippen LogP contribution in [0.25, 0.3) is 0 Å². The summed E-state index contributed by atoms with van der Waals surface area (Å²) in [5, 5.41) is 7.52. The number of nitrogens with one attached hydrogen (secondary N) is 1. The molecule has 1 unspecified atom stereocenters. The molecule has 2 aromatic heterocycles. The Morgan fingerprint density at radius 3 is 3.10 bits per heavy atom. The zero-order chi connectivity index (χ0) is 15.0. The normalized spacial score (nSPS) is 17.6. The standard InChI is InChI=1S/C16H21N3OS/c1-4-11-8-15(21-10(11)2)16(20)18-13-6-5-7-14-12(13)9-17-19(14)3/h8-9,13H,4-7H2,1-3H3,(H,18,20). The highest BCUT2D eigenvalue weighted by Gasteiger charge is 2.25. The third-order valence-corrected chi connectivity index (χ3v) is 5.40. The highest BCUT2D eigenvalue weighted by molar-refractivity contribution is 7.14. The van der Waals surface area contributed by atoms with Gasteiger partial charge in [0.1, 0.15) is 0 Å². The third-order valence-electron chi connectivity index (χ3n) is 4.31. The third kappa shape index (κ3) is 2.62. The van der Waals surface area contributed by atoms with E-state index in [4.69, 9.17) is 0 Å². The number of aromatic nitrogens is 2. The molecule has 0 aliphatic heterocycles. The topological polar surface area (TPSA) is 46.9 Å². The molecule has 3 rings (SSSR count). The molecule has 0 aromatic carbocycles. The van der Waals surface area contributed by atoms with E-state index in [1.807, 2.05) is 24.0 Å². The Labute approximate surface area is 129 Å². The van der Waals surface area contributed by atoms with E-state index >= 15 is 0 Å². The molecule has 2 heterocycles. The van der Waals surface area contributed by atoms with Crippen LogP contribution in [0.2, 0.25) is 0 Å². The molecule has 0 radical (unpaired) electrons. The predicted octanol–water partition coefficient (Wildman–Crippen LogP) is 3.16. The lowest BCUT2D eigenvalue weighted by molar-refractivity contribution is 0.0936. The van der Waals surface area contributed by atoms with Crippen LogP contribution < -0.4 is 5.32 Å². The fourth-order valence-electron chi connectivity index (χ4n) is 3.07. The SMILES string of the molecule is CCc1cc(C(=O)NC2CCCc3c2cnn3C)sc1C. The second-order valence-corrected chi connectivity index (χ2v) is 6.89. The molecular formula is C16H21N3OS. The van der Waals surface area contributed by atoms with E-state index < -0.39 is 0 Å². The summed E-state index contributed by atoms with van der Waals surface area (Å²) in [7, 11) is 1.97. The van der Waals surface area contributed by atoms with Crippen LogP contribution in [-0.2, 0) is 19.9 Å². The molecule has 4 nitrogen and oxygen atoms in total. The first kappa shape index (κ1) is 14.3. The maximum Gasteiger partial charge on any atom is 0.261 e. The number of amides is 1. The minimum atomic E-state index is 0.0458. The zero-order valence-electron chi connectivity index (χ0n) is 12.8. The minimum Gasteiger partial charge on any atom is -0.344 e. The van der Waals surface area contributed by atoms with Crippen LogP contribution in [0.15, 0.2) is 12.3 Å². The Hall–Kier alpha value is -1.62. The number of rotatable bonds is 3. The van der Waals surface area contributed by atoms with Crippen molar-refractivity contribution in [3.05, 3.63) is 38.8 Å². The van der Waals surface area contributed by atoms with E-state index in [9.17, 15) is 4.79 Å². The highest BCUT2D eigenvalue weighted by Crippen LogP contribution is 2.30. The monoisotopic (exact) mass is 303 g/mol. The van der Waals surface area contributed by atoms with Gasteiger partial charge in [0.25, 0.3) is 5.91 Å². The van der Waals surface area contributed by atoms with Crippen LogP contribution in [0.4, 0.5) is 0 Å². The average molecular weight is 303 g/mol. The lowest BCUT2D eigenvalue weighted by atomic mass is 9.93. The molecule has 1 atom stereocenters. The molecule has 5 heteroatoms. The highest BCUT2D eigenvalue weighted by atomic mass is 32.1. The number of thiophene rings is 1. The van der Waals surface area contributed by atoms with Gasteiger partial charge in [0.2, 0.25) is 0 Å². The van der Waals surface area contributed by atoms with Gasteiger partial charge in [-0.15, -0.1) is 11.3 Å². The maximum absolute atomic E-state index is 12.5. The maximum atomic E-state index is 12.5. The van der Waals surface area contributed by atoms with Crippen molar-refractivity contribution < 1.29 is 4.79 Å². The van der Waals surface area contributed by atoms with Crippen molar-refractivity contribution in [2.45, 2.75) is 45.6 Å². The minimum absolute atomic E-state index is 0.0458. The second kappa shape index (κ2) is 5.64. The molecular weight excluding hydrogens is 282 g/mol. The fraction of sp³-hybridized carbons (Fsp3) is 0.500. The number of aryl methyl sites for hydroxylation is 3. The van der Waals surface area contributed by atoms with Crippen LogP contribution >= 0.6 is 11.3 Å². The van der Waals surface area contributed by atoms with E-state index in [-0.39, 0.29) is 11.9 Å². The number of hydrogen-bond donors (Lipinski definition) is 1. The average Bonchev–Trinajstić information content (AvgIpc) is 3.03. The van der Waals surface area contributed by atoms with E-state index in [1.54, 1.807) is 11.3 Å². The largest absolute Gasteiger partial charge is 0.344 e.